The molecule has 1 rings (SSSR count). The maximum Gasteiger partial charge on any atom is 0.188 e. The van der Waals surface area contributed by atoms with Gasteiger partial charge in [0.2, 0.25) is 0 Å². The zero-order valence-electron chi connectivity index (χ0n) is 11.2. The molecule has 0 N–H and O–H groups in total. The van der Waals surface area contributed by atoms with E-state index in [1.165, 1.54) is 5.56 Å². The summed E-state index contributed by atoms with van der Waals surface area (Å²) in [4.78, 5) is 0. The first-order valence-corrected chi connectivity index (χ1v) is 5.94. The van der Waals surface area contributed by atoms with Crippen molar-refractivity contribution in [1.29, 1.82) is 0 Å². The van der Waals surface area contributed by atoms with Crippen molar-refractivity contribution < 1.29 is 9.47 Å². The Kier molecular flexibility index (Phi) is 4.76. The van der Waals surface area contributed by atoms with Crippen molar-refractivity contribution in [2.24, 2.45) is 0 Å². The second-order valence-corrected chi connectivity index (χ2v) is 4.75. The molecule has 2 heteroatoms. The van der Waals surface area contributed by atoms with Crippen molar-refractivity contribution in [3.05, 3.63) is 35.9 Å². The van der Waals surface area contributed by atoms with Crippen molar-refractivity contribution in [3.63, 3.8) is 0 Å². The summed E-state index contributed by atoms with van der Waals surface area (Å²) in [5.74, 6) is 0.893. The molecule has 0 atom stereocenters. The van der Waals surface area contributed by atoms with E-state index in [1.807, 2.05) is 18.2 Å². The van der Waals surface area contributed by atoms with Crippen LogP contribution < -0.4 is 4.74 Å². The monoisotopic (exact) mass is 234 g/mol. The second kappa shape index (κ2) is 5.87. The van der Waals surface area contributed by atoms with Gasteiger partial charge in [-0.1, -0.05) is 39.5 Å². The Balaban J connectivity index is 3.15. The van der Waals surface area contributed by atoms with Gasteiger partial charge in [-0.05, 0) is 29.5 Å². The number of hydrogen-bond acceptors (Lipinski definition) is 2. The summed E-state index contributed by atoms with van der Waals surface area (Å²) in [6, 6.07) is 6.14. The molecule has 0 amide bonds. The molecule has 0 aliphatic carbocycles. The molecule has 0 radical (unpaired) electrons. The molecule has 0 bridgehead atoms. The van der Waals surface area contributed by atoms with Crippen LogP contribution in [0.4, 0.5) is 0 Å². The average molecular weight is 234 g/mol. The number of ether oxygens (including phenoxy) is 2. The molecule has 0 aliphatic rings. The molecular weight excluding hydrogens is 212 g/mol. The molecule has 0 saturated carbocycles. The molecule has 2 nitrogen and oxygen atoms in total. The first kappa shape index (κ1) is 13.8. The Hall–Kier alpha value is -1.28. The quantitative estimate of drug-likeness (QED) is 0.693. The lowest BCUT2D eigenvalue weighted by atomic mass is 9.81. The predicted octanol–water partition coefficient (Wildman–Crippen LogP) is 4.00. The molecular formula is C15H22O2. The van der Waals surface area contributed by atoms with E-state index in [1.54, 1.807) is 7.11 Å². The standard InChI is InChI=1S/C15H22O2/c1-6-12-8-9-14(17-11-16-5)13(10-12)15(3,4)7-2/h6,8-10H,1,7,11H2,2-5H3. The van der Waals surface area contributed by atoms with Crippen LogP contribution in [0, 0.1) is 0 Å². The van der Waals surface area contributed by atoms with E-state index in [4.69, 9.17) is 9.47 Å². The van der Waals surface area contributed by atoms with E-state index in [2.05, 4.69) is 33.4 Å². The Labute approximate surface area is 104 Å². The van der Waals surface area contributed by atoms with Gasteiger partial charge in [0, 0.05) is 12.7 Å². The first-order chi connectivity index (χ1) is 8.05. The summed E-state index contributed by atoms with van der Waals surface area (Å²) in [6.07, 6.45) is 2.91. The second-order valence-electron chi connectivity index (χ2n) is 4.75. The summed E-state index contributed by atoms with van der Waals surface area (Å²) in [7, 11) is 1.63. The molecule has 0 heterocycles. The summed E-state index contributed by atoms with van der Waals surface area (Å²) in [6.45, 7) is 10.7. The number of benzene rings is 1. The molecule has 0 spiro atoms. The molecule has 0 saturated heterocycles. The smallest absolute Gasteiger partial charge is 0.188 e. The highest BCUT2D eigenvalue weighted by molar-refractivity contribution is 5.53. The van der Waals surface area contributed by atoms with E-state index in [0.717, 1.165) is 17.7 Å². The van der Waals surface area contributed by atoms with Crippen LogP contribution >= 0.6 is 0 Å². The SMILES string of the molecule is C=Cc1ccc(OCOC)c(C(C)(C)CC)c1. The molecule has 1 aromatic rings. The summed E-state index contributed by atoms with van der Waals surface area (Å²) >= 11 is 0. The molecule has 0 unspecified atom stereocenters. The van der Waals surface area contributed by atoms with Crippen molar-refractivity contribution in [2.75, 3.05) is 13.9 Å². The molecule has 17 heavy (non-hydrogen) atoms. The van der Waals surface area contributed by atoms with Crippen LogP contribution in [0.5, 0.6) is 5.75 Å². The van der Waals surface area contributed by atoms with Gasteiger partial charge in [0.25, 0.3) is 0 Å². The van der Waals surface area contributed by atoms with Crippen LogP contribution in [-0.2, 0) is 10.2 Å². The lowest BCUT2D eigenvalue weighted by Crippen LogP contribution is -2.17. The maximum absolute atomic E-state index is 5.62. The van der Waals surface area contributed by atoms with Crippen LogP contribution in [0.1, 0.15) is 38.3 Å². The summed E-state index contributed by atoms with van der Waals surface area (Å²) in [5, 5.41) is 0. The molecule has 1 aromatic carbocycles. The van der Waals surface area contributed by atoms with Gasteiger partial charge in [-0.25, -0.2) is 0 Å². The topological polar surface area (TPSA) is 18.5 Å². The molecule has 0 aliphatic heterocycles. The van der Waals surface area contributed by atoms with Crippen molar-refractivity contribution >= 4 is 6.08 Å². The van der Waals surface area contributed by atoms with Gasteiger partial charge >= 0.3 is 0 Å². The number of methoxy groups -OCH3 is 1. The fraction of sp³-hybridized carbons (Fsp3) is 0.467. The number of rotatable bonds is 6. The highest BCUT2D eigenvalue weighted by Crippen LogP contribution is 2.35. The van der Waals surface area contributed by atoms with Crippen molar-refractivity contribution in [2.45, 2.75) is 32.6 Å². The third-order valence-electron chi connectivity index (χ3n) is 3.18. The van der Waals surface area contributed by atoms with E-state index in [9.17, 15) is 0 Å². The zero-order valence-corrected chi connectivity index (χ0v) is 11.2. The fourth-order valence-electron chi connectivity index (χ4n) is 1.64. The lowest BCUT2D eigenvalue weighted by Gasteiger charge is -2.26. The van der Waals surface area contributed by atoms with Gasteiger partial charge in [0.05, 0.1) is 0 Å². The Bertz CT molecular complexity index is 381. The van der Waals surface area contributed by atoms with Crippen LogP contribution in [0.15, 0.2) is 24.8 Å². The van der Waals surface area contributed by atoms with E-state index < -0.39 is 0 Å². The maximum atomic E-state index is 5.62. The largest absolute Gasteiger partial charge is 0.467 e. The van der Waals surface area contributed by atoms with Crippen molar-refractivity contribution in [1.82, 2.24) is 0 Å². The average Bonchev–Trinajstić information content (AvgIpc) is 2.36. The van der Waals surface area contributed by atoms with Crippen LogP contribution in [0.25, 0.3) is 6.08 Å². The Morgan fingerprint density at radius 2 is 2.06 bits per heavy atom. The van der Waals surface area contributed by atoms with E-state index >= 15 is 0 Å². The van der Waals surface area contributed by atoms with Gasteiger partial charge in [0.15, 0.2) is 6.79 Å². The minimum Gasteiger partial charge on any atom is -0.467 e. The minimum absolute atomic E-state index is 0.0854. The molecule has 0 aromatic heterocycles. The summed E-state index contributed by atoms with van der Waals surface area (Å²) < 4.78 is 10.6. The van der Waals surface area contributed by atoms with Gasteiger partial charge in [-0.3, -0.25) is 0 Å². The zero-order chi connectivity index (χ0) is 12.9. The third kappa shape index (κ3) is 3.34. The lowest BCUT2D eigenvalue weighted by molar-refractivity contribution is 0.0496. The Morgan fingerprint density at radius 3 is 2.59 bits per heavy atom. The first-order valence-electron chi connectivity index (χ1n) is 5.94. The van der Waals surface area contributed by atoms with Crippen molar-refractivity contribution in [3.8, 4) is 5.75 Å². The molecule has 0 fully saturated rings. The fourth-order valence-corrected chi connectivity index (χ4v) is 1.64. The minimum atomic E-state index is 0.0854. The third-order valence-corrected chi connectivity index (χ3v) is 3.18. The normalized spacial score (nSPS) is 11.3. The van der Waals surface area contributed by atoms with Gasteiger partial charge < -0.3 is 9.47 Å². The predicted molar refractivity (Wildman–Crippen MR) is 72.4 cm³/mol. The van der Waals surface area contributed by atoms with Gasteiger partial charge in [-0.2, -0.15) is 0 Å². The Morgan fingerprint density at radius 1 is 1.35 bits per heavy atom. The number of hydrogen-bond donors (Lipinski definition) is 0. The molecule has 94 valence electrons. The van der Waals surface area contributed by atoms with Crippen LogP contribution in [-0.4, -0.2) is 13.9 Å². The van der Waals surface area contributed by atoms with E-state index in [0.29, 0.717) is 0 Å². The van der Waals surface area contributed by atoms with Gasteiger partial charge in [-0.15, -0.1) is 0 Å². The van der Waals surface area contributed by atoms with Gasteiger partial charge in [0.1, 0.15) is 5.75 Å². The van der Waals surface area contributed by atoms with E-state index in [-0.39, 0.29) is 12.2 Å². The highest BCUT2D eigenvalue weighted by Gasteiger charge is 2.22. The van der Waals surface area contributed by atoms with Crippen LogP contribution in [0.3, 0.4) is 0 Å². The highest BCUT2D eigenvalue weighted by atomic mass is 16.7. The van der Waals surface area contributed by atoms with Crippen LogP contribution in [0.2, 0.25) is 0 Å². The summed E-state index contributed by atoms with van der Waals surface area (Å²) in [5.41, 5.74) is 2.41.